The highest BCUT2D eigenvalue weighted by Crippen LogP contribution is 2.21. The molecule has 2 aromatic rings. The van der Waals surface area contributed by atoms with Crippen LogP contribution in [0.4, 0.5) is 0 Å². The summed E-state index contributed by atoms with van der Waals surface area (Å²) in [4.78, 5) is 11.2. The number of aromatic nitrogens is 2. The summed E-state index contributed by atoms with van der Waals surface area (Å²) in [5, 5.41) is 0. The van der Waals surface area contributed by atoms with Gasteiger partial charge in [0.2, 0.25) is 5.88 Å². The van der Waals surface area contributed by atoms with Crippen LogP contribution in [0.15, 0.2) is 30.5 Å². The summed E-state index contributed by atoms with van der Waals surface area (Å²) < 4.78 is 11.4. The Balaban J connectivity index is 1.53. The molecule has 128 valence electrons. The van der Waals surface area contributed by atoms with Gasteiger partial charge in [0.05, 0.1) is 18.5 Å². The van der Waals surface area contributed by atoms with E-state index in [-0.39, 0.29) is 6.10 Å². The number of aryl methyl sites for hydroxylation is 2. The molecule has 0 bridgehead atoms. The molecule has 3 rings (SSSR count). The second-order valence-electron chi connectivity index (χ2n) is 6.35. The van der Waals surface area contributed by atoms with Crippen molar-refractivity contribution >= 4 is 0 Å². The first-order valence-corrected chi connectivity index (χ1v) is 8.46. The first-order chi connectivity index (χ1) is 11.6. The minimum Gasteiger partial charge on any atom is -0.497 e. The molecule has 24 heavy (non-hydrogen) atoms. The van der Waals surface area contributed by atoms with Crippen molar-refractivity contribution in [2.75, 3.05) is 20.2 Å². The number of piperidine rings is 1. The third kappa shape index (κ3) is 4.23. The average molecular weight is 327 g/mol. The van der Waals surface area contributed by atoms with Gasteiger partial charge in [-0.15, -0.1) is 0 Å². The predicted molar refractivity (Wildman–Crippen MR) is 93.4 cm³/mol. The Kier molecular flexibility index (Phi) is 5.30. The fraction of sp³-hybridized carbons (Fsp3) is 0.474. The van der Waals surface area contributed by atoms with E-state index in [0.29, 0.717) is 5.88 Å². The van der Waals surface area contributed by atoms with Crippen molar-refractivity contribution in [3.05, 3.63) is 47.4 Å². The van der Waals surface area contributed by atoms with Crippen LogP contribution in [0.25, 0.3) is 0 Å². The first kappa shape index (κ1) is 16.7. The Bertz CT molecular complexity index is 682. The molecule has 5 nitrogen and oxygen atoms in total. The number of hydrogen-bond acceptors (Lipinski definition) is 5. The molecule has 1 aliphatic heterocycles. The van der Waals surface area contributed by atoms with Crippen LogP contribution in [0, 0.1) is 13.8 Å². The van der Waals surface area contributed by atoms with Crippen LogP contribution in [0.3, 0.4) is 0 Å². The molecule has 0 atom stereocenters. The van der Waals surface area contributed by atoms with Crippen molar-refractivity contribution in [1.82, 2.24) is 14.9 Å². The van der Waals surface area contributed by atoms with Crippen molar-refractivity contribution in [2.24, 2.45) is 0 Å². The zero-order chi connectivity index (χ0) is 16.9. The third-order valence-electron chi connectivity index (χ3n) is 4.39. The summed E-state index contributed by atoms with van der Waals surface area (Å²) in [5.74, 6) is 1.60. The second kappa shape index (κ2) is 7.62. The molecule has 2 heterocycles. The first-order valence-electron chi connectivity index (χ1n) is 8.46. The topological polar surface area (TPSA) is 47.5 Å². The van der Waals surface area contributed by atoms with Gasteiger partial charge < -0.3 is 9.47 Å². The lowest BCUT2D eigenvalue weighted by Gasteiger charge is -2.32. The van der Waals surface area contributed by atoms with Crippen molar-refractivity contribution in [2.45, 2.75) is 39.3 Å². The molecule has 0 N–H and O–H groups in total. The van der Waals surface area contributed by atoms with Gasteiger partial charge in [0, 0.05) is 25.8 Å². The number of likely N-dealkylation sites (tertiary alicyclic amines) is 1. The Morgan fingerprint density at radius 2 is 2.00 bits per heavy atom. The quantitative estimate of drug-likeness (QED) is 0.844. The molecule has 1 fully saturated rings. The summed E-state index contributed by atoms with van der Waals surface area (Å²) in [6.45, 7) is 6.89. The van der Waals surface area contributed by atoms with Crippen LogP contribution in [-0.2, 0) is 6.54 Å². The summed E-state index contributed by atoms with van der Waals surface area (Å²) in [6, 6.07) is 8.28. The molecular formula is C19H25N3O2. The summed E-state index contributed by atoms with van der Waals surface area (Å²) in [7, 11) is 1.71. The summed E-state index contributed by atoms with van der Waals surface area (Å²) in [6.07, 6.45) is 4.03. The van der Waals surface area contributed by atoms with Gasteiger partial charge in [-0.05, 0) is 44.4 Å². The van der Waals surface area contributed by atoms with Crippen LogP contribution in [-0.4, -0.2) is 41.2 Å². The molecule has 1 aromatic carbocycles. The van der Waals surface area contributed by atoms with E-state index in [1.165, 1.54) is 5.56 Å². The fourth-order valence-electron chi connectivity index (χ4n) is 3.00. The van der Waals surface area contributed by atoms with E-state index < -0.39 is 0 Å². The van der Waals surface area contributed by atoms with E-state index in [2.05, 4.69) is 27.0 Å². The van der Waals surface area contributed by atoms with E-state index in [9.17, 15) is 0 Å². The molecule has 0 radical (unpaired) electrons. The highest BCUT2D eigenvalue weighted by atomic mass is 16.5. The lowest BCUT2D eigenvalue weighted by atomic mass is 10.1. The minimum atomic E-state index is 0.223. The molecule has 1 saturated heterocycles. The summed E-state index contributed by atoms with van der Waals surface area (Å²) in [5.41, 5.74) is 3.04. The Hall–Kier alpha value is -2.14. The van der Waals surface area contributed by atoms with Gasteiger partial charge in [-0.2, -0.15) is 0 Å². The Labute approximate surface area is 143 Å². The molecule has 5 heteroatoms. The molecule has 0 unspecified atom stereocenters. The van der Waals surface area contributed by atoms with E-state index >= 15 is 0 Å². The zero-order valence-electron chi connectivity index (χ0n) is 14.7. The predicted octanol–water partition coefficient (Wildman–Crippen LogP) is 3.15. The van der Waals surface area contributed by atoms with Gasteiger partial charge in [-0.3, -0.25) is 9.88 Å². The summed E-state index contributed by atoms with van der Waals surface area (Å²) >= 11 is 0. The maximum absolute atomic E-state index is 6.08. The van der Waals surface area contributed by atoms with E-state index in [4.69, 9.17) is 9.47 Å². The molecular weight excluding hydrogens is 302 g/mol. The number of benzene rings is 1. The van der Waals surface area contributed by atoms with Crippen molar-refractivity contribution in [3.8, 4) is 11.6 Å². The molecule has 0 amide bonds. The van der Waals surface area contributed by atoms with Gasteiger partial charge in [-0.25, -0.2) is 4.98 Å². The lowest BCUT2D eigenvalue weighted by molar-refractivity contribution is 0.0920. The SMILES string of the molecule is COc1cccc(CN2CCC(Oc3nc(C)cnc3C)CC2)c1. The largest absolute Gasteiger partial charge is 0.497 e. The molecule has 0 spiro atoms. The molecule has 1 aliphatic rings. The van der Waals surface area contributed by atoms with E-state index in [1.54, 1.807) is 13.3 Å². The van der Waals surface area contributed by atoms with Crippen LogP contribution < -0.4 is 9.47 Å². The van der Waals surface area contributed by atoms with Gasteiger partial charge in [0.25, 0.3) is 0 Å². The van der Waals surface area contributed by atoms with E-state index in [1.807, 2.05) is 26.0 Å². The molecule has 1 aromatic heterocycles. The lowest BCUT2D eigenvalue weighted by Crippen LogP contribution is -2.38. The van der Waals surface area contributed by atoms with Gasteiger partial charge in [0.1, 0.15) is 11.9 Å². The number of hydrogen-bond donors (Lipinski definition) is 0. The second-order valence-corrected chi connectivity index (χ2v) is 6.35. The smallest absolute Gasteiger partial charge is 0.235 e. The highest BCUT2D eigenvalue weighted by molar-refractivity contribution is 5.28. The number of ether oxygens (including phenoxy) is 2. The minimum absolute atomic E-state index is 0.223. The highest BCUT2D eigenvalue weighted by Gasteiger charge is 2.22. The van der Waals surface area contributed by atoms with Gasteiger partial charge in [0.15, 0.2) is 0 Å². The standard InChI is InChI=1S/C19H25N3O2/c1-14-12-20-15(2)19(21-14)24-17-7-9-22(10-8-17)13-16-5-4-6-18(11-16)23-3/h4-6,11-12,17H,7-10,13H2,1-3H3. The van der Waals surface area contributed by atoms with E-state index in [0.717, 1.165) is 49.6 Å². The van der Waals surface area contributed by atoms with Gasteiger partial charge in [-0.1, -0.05) is 12.1 Å². The van der Waals surface area contributed by atoms with Crippen LogP contribution in [0.2, 0.25) is 0 Å². The molecule has 0 aliphatic carbocycles. The van der Waals surface area contributed by atoms with Gasteiger partial charge >= 0.3 is 0 Å². The number of nitrogens with zero attached hydrogens (tertiary/aromatic N) is 3. The van der Waals surface area contributed by atoms with Crippen molar-refractivity contribution < 1.29 is 9.47 Å². The normalized spacial score (nSPS) is 16.1. The number of methoxy groups -OCH3 is 1. The number of rotatable bonds is 5. The maximum Gasteiger partial charge on any atom is 0.235 e. The van der Waals surface area contributed by atoms with Crippen LogP contribution in [0.1, 0.15) is 29.8 Å². The van der Waals surface area contributed by atoms with Crippen LogP contribution >= 0.6 is 0 Å². The van der Waals surface area contributed by atoms with Crippen molar-refractivity contribution in [1.29, 1.82) is 0 Å². The molecule has 0 saturated carbocycles. The van der Waals surface area contributed by atoms with Crippen LogP contribution in [0.5, 0.6) is 11.6 Å². The maximum atomic E-state index is 6.08. The monoisotopic (exact) mass is 327 g/mol. The third-order valence-corrected chi connectivity index (χ3v) is 4.39. The average Bonchev–Trinajstić information content (AvgIpc) is 2.60. The Morgan fingerprint density at radius 3 is 2.75 bits per heavy atom. The fourth-order valence-corrected chi connectivity index (χ4v) is 3.00. The van der Waals surface area contributed by atoms with Crippen molar-refractivity contribution in [3.63, 3.8) is 0 Å². The Morgan fingerprint density at radius 1 is 1.21 bits per heavy atom. The zero-order valence-corrected chi connectivity index (χ0v) is 14.7.